The first-order valence-electron chi connectivity index (χ1n) is 7.66. The van der Waals surface area contributed by atoms with Crippen molar-refractivity contribution in [3.05, 3.63) is 30.0 Å². The van der Waals surface area contributed by atoms with E-state index < -0.39 is 6.04 Å². The Bertz CT molecular complexity index is 693. The van der Waals surface area contributed by atoms with Crippen LogP contribution in [-0.4, -0.2) is 31.5 Å². The van der Waals surface area contributed by atoms with Gasteiger partial charge in [-0.2, -0.15) is 0 Å². The molecule has 0 saturated heterocycles. The fourth-order valence-corrected chi connectivity index (χ4v) is 2.26. The Morgan fingerprint density at radius 1 is 1.35 bits per heavy atom. The molecule has 0 unspecified atom stereocenters. The molecule has 2 amide bonds. The molecule has 23 heavy (non-hydrogen) atoms. The lowest BCUT2D eigenvalue weighted by Gasteiger charge is -2.13. The molecule has 2 N–H and O–H groups in total. The van der Waals surface area contributed by atoms with Crippen LogP contribution in [0.4, 0.5) is 0 Å². The molecule has 0 radical (unpaired) electrons. The van der Waals surface area contributed by atoms with Crippen molar-refractivity contribution in [1.29, 1.82) is 0 Å². The number of amides is 2. The van der Waals surface area contributed by atoms with Crippen LogP contribution in [0.1, 0.15) is 25.8 Å². The molecular formula is C17H22N2O4. The maximum absolute atomic E-state index is 12.1. The Hall–Kier alpha value is -2.50. The van der Waals surface area contributed by atoms with Gasteiger partial charge in [0.2, 0.25) is 11.8 Å². The molecule has 0 fully saturated rings. The van der Waals surface area contributed by atoms with Gasteiger partial charge in [0, 0.05) is 23.6 Å². The molecule has 124 valence electrons. The van der Waals surface area contributed by atoms with Gasteiger partial charge < -0.3 is 19.8 Å². The van der Waals surface area contributed by atoms with Crippen LogP contribution in [0, 0.1) is 0 Å². The highest BCUT2D eigenvalue weighted by molar-refractivity contribution is 5.91. The molecule has 1 atom stereocenters. The summed E-state index contributed by atoms with van der Waals surface area (Å²) in [5.41, 5.74) is 1.45. The number of methoxy groups -OCH3 is 1. The molecule has 0 saturated carbocycles. The molecule has 1 aromatic heterocycles. The number of ether oxygens (including phenoxy) is 1. The van der Waals surface area contributed by atoms with E-state index >= 15 is 0 Å². The molecule has 0 bridgehead atoms. The zero-order valence-corrected chi connectivity index (χ0v) is 13.6. The average molecular weight is 318 g/mol. The van der Waals surface area contributed by atoms with Crippen LogP contribution in [0.2, 0.25) is 0 Å². The van der Waals surface area contributed by atoms with E-state index in [-0.39, 0.29) is 18.2 Å². The van der Waals surface area contributed by atoms with Crippen LogP contribution in [0.15, 0.2) is 28.9 Å². The normalized spacial score (nSPS) is 12.0. The van der Waals surface area contributed by atoms with Crippen LogP contribution in [0.5, 0.6) is 5.75 Å². The zero-order chi connectivity index (χ0) is 16.8. The van der Waals surface area contributed by atoms with E-state index in [9.17, 15) is 9.59 Å². The predicted octanol–water partition coefficient (Wildman–Crippen LogP) is 2.01. The molecule has 0 aliphatic heterocycles. The number of rotatable bonds is 7. The highest BCUT2D eigenvalue weighted by atomic mass is 16.5. The fraction of sp³-hybridized carbons (Fsp3) is 0.412. The molecular weight excluding hydrogens is 296 g/mol. The molecule has 6 nitrogen and oxygen atoms in total. The van der Waals surface area contributed by atoms with Crippen molar-refractivity contribution in [2.24, 2.45) is 0 Å². The topological polar surface area (TPSA) is 80.6 Å². The lowest BCUT2D eigenvalue weighted by atomic mass is 10.1. The van der Waals surface area contributed by atoms with Gasteiger partial charge in [0.05, 0.1) is 19.8 Å². The van der Waals surface area contributed by atoms with Gasteiger partial charge >= 0.3 is 0 Å². The summed E-state index contributed by atoms with van der Waals surface area (Å²) in [5, 5.41) is 6.31. The summed E-state index contributed by atoms with van der Waals surface area (Å²) < 4.78 is 10.6. The molecule has 0 spiro atoms. The van der Waals surface area contributed by atoms with E-state index in [0.717, 1.165) is 17.4 Å². The Kier molecular flexibility index (Phi) is 5.62. The lowest BCUT2D eigenvalue weighted by molar-refractivity contribution is -0.128. The molecule has 6 heteroatoms. The Morgan fingerprint density at radius 3 is 2.83 bits per heavy atom. The number of carbonyl (C=O) groups is 2. The second-order valence-corrected chi connectivity index (χ2v) is 5.38. The van der Waals surface area contributed by atoms with Gasteiger partial charge in [0.15, 0.2) is 0 Å². The van der Waals surface area contributed by atoms with Crippen LogP contribution < -0.4 is 15.4 Å². The van der Waals surface area contributed by atoms with Crippen molar-refractivity contribution in [3.8, 4) is 5.75 Å². The third-order valence-corrected chi connectivity index (χ3v) is 3.53. The van der Waals surface area contributed by atoms with Crippen molar-refractivity contribution in [2.75, 3.05) is 13.7 Å². The molecule has 1 aromatic carbocycles. The maximum atomic E-state index is 12.1. The predicted molar refractivity (Wildman–Crippen MR) is 87.4 cm³/mol. The number of nitrogens with one attached hydrogen (secondary N) is 2. The van der Waals surface area contributed by atoms with Crippen molar-refractivity contribution in [1.82, 2.24) is 10.6 Å². The fourth-order valence-electron chi connectivity index (χ4n) is 2.26. The molecule has 0 aliphatic rings. The summed E-state index contributed by atoms with van der Waals surface area (Å²) in [6, 6.07) is 4.89. The molecule has 1 heterocycles. The summed E-state index contributed by atoms with van der Waals surface area (Å²) >= 11 is 0. The second-order valence-electron chi connectivity index (χ2n) is 5.38. The SMILES string of the molecule is CCCNC(=O)[C@H](C)NC(=O)Cc1coc2cc(OC)ccc12. The van der Waals surface area contributed by atoms with Gasteiger partial charge in [-0.1, -0.05) is 6.92 Å². The monoisotopic (exact) mass is 318 g/mol. The summed E-state index contributed by atoms with van der Waals surface area (Å²) in [7, 11) is 1.59. The first kappa shape index (κ1) is 16.9. The number of fused-ring (bicyclic) bond motifs is 1. The Balaban J connectivity index is 1.99. The summed E-state index contributed by atoms with van der Waals surface area (Å²) in [4.78, 5) is 23.9. The summed E-state index contributed by atoms with van der Waals surface area (Å²) in [5.74, 6) is 0.300. The van der Waals surface area contributed by atoms with Gasteiger partial charge in [-0.05, 0) is 25.5 Å². The van der Waals surface area contributed by atoms with Crippen LogP contribution >= 0.6 is 0 Å². The first-order chi connectivity index (χ1) is 11.0. The van der Waals surface area contributed by atoms with Gasteiger partial charge in [-0.15, -0.1) is 0 Å². The van der Waals surface area contributed by atoms with E-state index in [1.54, 1.807) is 26.4 Å². The van der Waals surface area contributed by atoms with Crippen LogP contribution in [-0.2, 0) is 16.0 Å². The van der Waals surface area contributed by atoms with E-state index in [1.165, 1.54) is 0 Å². The number of benzene rings is 1. The van der Waals surface area contributed by atoms with E-state index in [0.29, 0.717) is 17.9 Å². The number of hydrogen-bond acceptors (Lipinski definition) is 4. The minimum absolute atomic E-state index is 0.157. The third-order valence-electron chi connectivity index (χ3n) is 3.53. The average Bonchev–Trinajstić information content (AvgIpc) is 2.94. The number of hydrogen-bond donors (Lipinski definition) is 2. The van der Waals surface area contributed by atoms with Crippen LogP contribution in [0.25, 0.3) is 11.0 Å². The maximum Gasteiger partial charge on any atom is 0.242 e. The number of furan rings is 1. The van der Waals surface area contributed by atoms with E-state index in [1.807, 2.05) is 19.1 Å². The summed E-state index contributed by atoms with van der Waals surface area (Å²) in [6.07, 6.45) is 2.58. The second kappa shape index (κ2) is 7.67. The summed E-state index contributed by atoms with van der Waals surface area (Å²) in [6.45, 7) is 4.25. The highest BCUT2D eigenvalue weighted by Crippen LogP contribution is 2.25. The Labute approximate surface area is 135 Å². The van der Waals surface area contributed by atoms with Gasteiger partial charge in [-0.25, -0.2) is 0 Å². The highest BCUT2D eigenvalue weighted by Gasteiger charge is 2.17. The molecule has 2 aromatic rings. The van der Waals surface area contributed by atoms with E-state index in [2.05, 4.69) is 10.6 Å². The van der Waals surface area contributed by atoms with Crippen molar-refractivity contribution in [2.45, 2.75) is 32.7 Å². The van der Waals surface area contributed by atoms with E-state index in [4.69, 9.17) is 9.15 Å². The van der Waals surface area contributed by atoms with Crippen molar-refractivity contribution in [3.63, 3.8) is 0 Å². The van der Waals surface area contributed by atoms with Crippen molar-refractivity contribution >= 4 is 22.8 Å². The largest absolute Gasteiger partial charge is 0.497 e. The van der Waals surface area contributed by atoms with Gasteiger partial charge in [-0.3, -0.25) is 9.59 Å². The molecule has 2 rings (SSSR count). The third kappa shape index (κ3) is 4.25. The zero-order valence-electron chi connectivity index (χ0n) is 13.6. The standard InChI is InChI=1S/C17H22N2O4/c1-4-7-18-17(21)11(2)19-16(20)8-12-10-23-15-9-13(22-3)5-6-14(12)15/h5-6,9-11H,4,7-8H2,1-3H3,(H,18,21)(H,19,20)/t11-/m0/s1. The minimum Gasteiger partial charge on any atom is -0.497 e. The van der Waals surface area contributed by atoms with Crippen LogP contribution in [0.3, 0.4) is 0 Å². The minimum atomic E-state index is -0.563. The van der Waals surface area contributed by atoms with Crippen molar-refractivity contribution < 1.29 is 18.7 Å². The smallest absolute Gasteiger partial charge is 0.242 e. The lowest BCUT2D eigenvalue weighted by Crippen LogP contribution is -2.45. The first-order valence-corrected chi connectivity index (χ1v) is 7.66. The number of carbonyl (C=O) groups excluding carboxylic acids is 2. The quantitative estimate of drug-likeness (QED) is 0.818. The van der Waals surface area contributed by atoms with Gasteiger partial charge in [0.1, 0.15) is 17.4 Å². The molecule has 0 aliphatic carbocycles. The Morgan fingerprint density at radius 2 is 2.13 bits per heavy atom. The van der Waals surface area contributed by atoms with Gasteiger partial charge in [0.25, 0.3) is 0 Å².